The minimum Gasteiger partial charge on any atom is -0.381 e. The molecule has 7 heteroatoms. The molecule has 2 atom stereocenters. The van der Waals surface area contributed by atoms with Crippen LogP contribution in [0.2, 0.25) is 0 Å². The number of nitrogens with zero attached hydrogens (tertiary/aromatic N) is 3. The minimum atomic E-state index is -0.217. The highest BCUT2D eigenvalue weighted by Gasteiger charge is 2.45. The van der Waals surface area contributed by atoms with Crippen LogP contribution in [0.3, 0.4) is 0 Å². The Morgan fingerprint density at radius 1 is 1.20 bits per heavy atom. The zero-order valence-corrected chi connectivity index (χ0v) is 14.5. The summed E-state index contributed by atoms with van der Waals surface area (Å²) >= 11 is 0. The van der Waals surface area contributed by atoms with Gasteiger partial charge in [0.2, 0.25) is 11.9 Å². The first-order chi connectivity index (χ1) is 12.2. The average Bonchev–Trinajstić information content (AvgIpc) is 3.06. The highest BCUT2D eigenvalue weighted by atomic mass is 16.5. The number of rotatable bonds is 3. The van der Waals surface area contributed by atoms with Crippen LogP contribution in [0.15, 0.2) is 18.5 Å². The molecule has 136 valence electrons. The number of aromatic nitrogens is 2. The summed E-state index contributed by atoms with van der Waals surface area (Å²) in [6.07, 6.45) is 7.92. The van der Waals surface area contributed by atoms with Crippen LogP contribution < -0.4 is 5.32 Å². The molecule has 4 rings (SSSR count). The molecule has 3 aliphatic heterocycles. The van der Waals surface area contributed by atoms with Crippen LogP contribution in [0.5, 0.6) is 0 Å². The maximum Gasteiger partial charge on any atom is 0.225 e. The summed E-state index contributed by atoms with van der Waals surface area (Å²) in [5.41, 5.74) is -0.217. The third kappa shape index (κ3) is 3.77. The number of hydrogen-bond acceptors (Lipinski definition) is 6. The van der Waals surface area contributed by atoms with Gasteiger partial charge >= 0.3 is 0 Å². The maximum absolute atomic E-state index is 12.8. The van der Waals surface area contributed by atoms with Gasteiger partial charge in [-0.15, -0.1) is 0 Å². The van der Waals surface area contributed by atoms with E-state index in [0.717, 1.165) is 38.6 Å². The molecular weight excluding hydrogens is 320 g/mol. The molecule has 7 nitrogen and oxygen atoms in total. The van der Waals surface area contributed by atoms with E-state index in [1.54, 1.807) is 12.4 Å². The lowest BCUT2D eigenvalue weighted by atomic mass is 9.89. The summed E-state index contributed by atoms with van der Waals surface area (Å²) in [6.45, 7) is 3.62. The van der Waals surface area contributed by atoms with Gasteiger partial charge in [-0.3, -0.25) is 4.79 Å². The Hall–Kier alpha value is -1.73. The first-order valence-corrected chi connectivity index (χ1v) is 9.28. The zero-order valence-electron chi connectivity index (χ0n) is 14.5. The summed E-state index contributed by atoms with van der Waals surface area (Å²) in [7, 11) is 0. The minimum absolute atomic E-state index is 0.124. The number of anilines is 1. The Balaban J connectivity index is 1.36. The lowest BCUT2D eigenvalue weighted by Gasteiger charge is -2.38. The van der Waals surface area contributed by atoms with E-state index in [2.05, 4.69) is 15.3 Å². The molecule has 0 bridgehead atoms. The van der Waals surface area contributed by atoms with Gasteiger partial charge < -0.3 is 19.7 Å². The molecule has 0 saturated carbocycles. The molecule has 0 unspecified atom stereocenters. The van der Waals surface area contributed by atoms with Gasteiger partial charge in [0, 0.05) is 57.3 Å². The standard InChI is InChI=1S/C18H26N4O3/c23-16(14-2-9-24-10-3-14)22-8-5-18(13-22)12-15(4-11-25-18)21-17-19-6-1-7-20-17/h1,6-7,14-15H,2-5,8-13H2,(H,19,20,21)/t15-,18-/m1/s1. The second-order valence-electron chi connectivity index (χ2n) is 7.33. The van der Waals surface area contributed by atoms with E-state index in [1.807, 2.05) is 11.0 Å². The first-order valence-electron chi connectivity index (χ1n) is 9.28. The van der Waals surface area contributed by atoms with Gasteiger partial charge in [0.1, 0.15) is 0 Å². The molecule has 1 aromatic rings. The predicted molar refractivity (Wildman–Crippen MR) is 92.1 cm³/mol. The lowest BCUT2D eigenvalue weighted by molar-refractivity contribution is -0.140. The fraction of sp³-hybridized carbons (Fsp3) is 0.722. The third-order valence-corrected chi connectivity index (χ3v) is 5.59. The first kappa shape index (κ1) is 16.7. The molecule has 3 aliphatic rings. The van der Waals surface area contributed by atoms with Crippen molar-refractivity contribution in [2.75, 3.05) is 38.2 Å². The molecule has 1 spiro atoms. The lowest BCUT2D eigenvalue weighted by Crippen LogP contribution is -2.47. The normalized spacial score (nSPS) is 30.6. The molecule has 0 radical (unpaired) electrons. The van der Waals surface area contributed by atoms with Crippen molar-refractivity contribution in [1.29, 1.82) is 0 Å². The Morgan fingerprint density at radius 3 is 2.80 bits per heavy atom. The van der Waals surface area contributed by atoms with Crippen molar-refractivity contribution < 1.29 is 14.3 Å². The van der Waals surface area contributed by atoms with E-state index in [9.17, 15) is 4.79 Å². The van der Waals surface area contributed by atoms with Crippen molar-refractivity contribution in [2.45, 2.75) is 43.7 Å². The maximum atomic E-state index is 12.8. The number of amides is 1. The van der Waals surface area contributed by atoms with E-state index >= 15 is 0 Å². The van der Waals surface area contributed by atoms with Gasteiger partial charge in [0.15, 0.2) is 0 Å². The number of ether oxygens (including phenoxy) is 2. The molecule has 0 aromatic carbocycles. The largest absolute Gasteiger partial charge is 0.381 e. The SMILES string of the molecule is O=C(C1CCOCC1)N1CC[C@@]2(C[C@H](Nc3ncccn3)CCO2)C1. The molecule has 0 aliphatic carbocycles. The Morgan fingerprint density at radius 2 is 2.00 bits per heavy atom. The van der Waals surface area contributed by atoms with E-state index in [0.29, 0.717) is 32.3 Å². The molecule has 1 amide bonds. The second kappa shape index (κ2) is 7.25. The number of carbonyl (C=O) groups excluding carboxylic acids is 1. The summed E-state index contributed by atoms with van der Waals surface area (Å²) in [4.78, 5) is 23.3. The zero-order chi connectivity index (χ0) is 17.1. The van der Waals surface area contributed by atoms with Gasteiger partial charge in [-0.2, -0.15) is 0 Å². The highest BCUT2D eigenvalue weighted by Crippen LogP contribution is 2.36. The van der Waals surface area contributed by atoms with Crippen molar-refractivity contribution in [2.24, 2.45) is 5.92 Å². The van der Waals surface area contributed by atoms with Crippen molar-refractivity contribution in [3.63, 3.8) is 0 Å². The number of hydrogen-bond donors (Lipinski definition) is 1. The fourth-order valence-corrected chi connectivity index (χ4v) is 4.23. The van der Waals surface area contributed by atoms with Gasteiger partial charge in [-0.25, -0.2) is 9.97 Å². The molecule has 1 N–H and O–H groups in total. The Kier molecular flexibility index (Phi) is 4.85. The van der Waals surface area contributed by atoms with Crippen LogP contribution in [0.25, 0.3) is 0 Å². The highest BCUT2D eigenvalue weighted by molar-refractivity contribution is 5.79. The molecule has 3 fully saturated rings. The molecule has 3 saturated heterocycles. The van der Waals surface area contributed by atoms with Crippen LogP contribution in [0.4, 0.5) is 5.95 Å². The van der Waals surface area contributed by atoms with Crippen LogP contribution in [-0.2, 0) is 14.3 Å². The molecule has 25 heavy (non-hydrogen) atoms. The Labute approximate surface area is 148 Å². The topological polar surface area (TPSA) is 76.6 Å². The second-order valence-corrected chi connectivity index (χ2v) is 7.33. The van der Waals surface area contributed by atoms with Gasteiger partial charge in [0.05, 0.1) is 5.60 Å². The van der Waals surface area contributed by atoms with Crippen molar-refractivity contribution in [1.82, 2.24) is 14.9 Å². The van der Waals surface area contributed by atoms with Gasteiger partial charge in [-0.05, 0) is 38.2 Å². The predicted octanol–water partition coefficient (Wildman–Crippen LogP) is 1.47. The van der Waals surface area contributed by atoms with Crippen LogP contribution in [-0.4, -0.2) is 65.3 Å². The van der Waals surface area contributed by atoms with Crippen molar-refractivity contribution in [3.8, 4) is 0 Å². The van der Waals surface area contributed by atoms with Crippen molar-refractivity contribution in [3.05, 3.63) is 18.5 Å². The summed E-state index contributed by atoms with van der Waals surface area (Å²) in [6, 6.07) is 2.10. The van der Waals surface area contributed by atoms with E-state index in [-0.39, 0.29) is 23.5 Å². The molecule has 4 heterocycles. The van der Waals surface area contributed by atoms with Crippen LogP contribution in [0, 0.1) is 5.92 Å². The number of carbonyl (C=O) groups is 1. The van der Waals surface area contributed by atoms with Gasteiger partial charge in [-0.1, -0.05) is 0 Å². The number of likely N-dealkylation sites (tertiary alicyclic amines) is 1. The third-order valence-electron chi connectivity index (χ3n) is 5.59. The van der Waals surface area contributed by atoms with E-state index in [1.165, 1.54) is 0 Å². The van der Waals surface area contributed by atoms with Gasteiger partial charge in [0.25, 0.3) is 0 Å². The summed E-state index contributed by atoms with van der Waals surface area (Å²) in [5.74, 6) is 1.07. The molecular formula is C18H26N4O3. The summed E-state index contributed by atoms with van der Waals surface area (Å²) in [5, 5.41) is 3.42. The number of nitrogens with one attached hydrogen (secondary N) is 1. The van der Waals surface area contributed by atoms with E-state index in [4.69, 9.17) is 9.47 Å². The van der Waals surface area contributed by atoms with Crippen LogP contribution >= 0.6 is 0 Å². The monoisotopic (exact) mass is 346 g/mol. The summed E-state index contributed by atoms with van der Waals surface area (Å²) < 4.78 is 11.5. The fourth-order valence-electron chi connectivity index (χ4n) is 4.23. The smallest absolute Gasteiger partial charge is 0.225 e. The van der Waals surface area contributed by atoms with Crippen LogP contribution in [0.1, 0.15) is 32.1 Å². The van der Waals surface area contributed by atoms with E-state index < -0.39 is 0 Å². The molecule has 1 aromatic heterocycles. The average molecular weight is 346 g/mol. The van der Waals surface area contributed by atoms with Crippen molar-refractivity contribution >= 4 is 11.9 Å². The quantitative estimate of drug-likeness (QED) is 0.893. The Bertz CT molecular complexity index is 593.